The Morgan fingerprint density at radius 2 is 1.88 bits per heavy atom. The van der Waals surface area contributed by atoms with E-state index < -0.39 is 0 Å². The van der Waals surface area contributed by atoms with Crippen molar-refractivity contribution < 1.29 is 9.53 Å². The van der Waals surface area contributed by atoms with E-state index in [-0.39, 0.29) is 5.91 Å². The van der Waals surface area contributed by atoms with Gasteiger partial charge in [-0.15, -0.1) is 0 Å². The highest BCUT2D eigenvalue weighted by Gasteiger charge is 2.21. The van der Waals surface area contributed by atoms with Crippen LogP contribution in [0.25, 0.3) is 0 Å². The summed E-state index contributed by atoms with van der Waals surface area (Å²) in [5, 5.41) is 0.700. The minimum atomic E-state index is 0.0128. The number of hydrogen-bond donors (Lipinski definition) is 1. The predicted molar refractivity (Wildman–Crippen MR) is 102 cm³/mol. The zero-order chi connectivity index (χ0) is 16.9. The van der Waals surface area contributed by atoms with Gasteiger partial charge in [0.2, 0.25) is 0 Å². The largest absolute Gasteiger partial charge is 0.378 e. The van der Waals surface area contributed by atoms with Crippen LogP contribution in [0, 0.1) is 0 Å². The average molecular weight is 428 g/mol. The molecule has 1 heterocycles. The van der Waals surface area contributed by atoms with Gasteiger partial charge < -0.3 is 14.4 Å². The summed E-state index contributed by atoms with van der Waals surface area (Å²) in [5.74, 6) is 0.0128. The summed E-state index contributed by atoms with van der Waals surface area (Å²) in [6, 6.07) is 13.2. The van der Waals surface area contributed by atoms with Gasteiger partial charge in [0.05, 0.1) is 24.5 Å². The Hall–Kier alpha value is -1.21. The van der Waals surface area contributed by atoms with Crippen molar-refractivity contribution in [2.45, 2.75) is 4.90 Å². The highest BCUT2D eigenvalue weighted by molar-refractivity contribution is 9.10. The molecule has 0 aromatic heterocycles. The first-order valence-electron chi connectivity index (χ1n) is 7.48. The zero-order valence-corrected chi connectivity index (χ0v) is 16.0. The monoisotopic (exact) mass is 426 g/mol. The minimum absolute atomic E-state index is 0.0128. The van der Waals surface area contributed by atoms with Crippen molar-refractivity contribution in [2.75, 3.05) is 31.0 Å². The van der Waals surface area contributed by atoms with Gasteiger partial charge in [-0.2, -0.15) is 0 Å². The van der Waals surface area contributed by atoms with E-state index in [2.05, 4.69) is 20.7 Å². The van der Waals surface area contributed by atoms with Gasteiger partial charge in [0, 0.05) is 27.5 Å². The van der Waals surface area contributed by atoms with E-state index in [9.17, 15) is 4.79 Å². The van der Waals surface area contributed by atoms with Crippen LogP contribution in [0.2, 0.25) is 5.02 Å². The summed E-state index contributed by atoms with van der Waals surface area (Å²) < 4.78 is 9.47. The van der Waals surface area contributed by atoms with E-state index in [0.717, 1.165) is 15.1 Å². The summed E-state index contributed by atoms with van der Waals surface area (Å²) in [6.45, 7) is 2.41. The Labute approximate surface area is 158 Å². The molecule has 1 aliphatic heterocycles. The number of carbonyl (C=O) groups excluding carboxylic acids is 1. The van der Waals surface area contributed by atoms with Crippen LogP contribution in [0.15, 0.2) is 51.8 Å². The molecule has 4 nitrogen and oxygen atoms in total. The van der Waals surface area contributed by atoms with Gasteiger partial charge in [-0.3, -0.25) is 4.79 Å². The first-order valence-corrected chi connectivity index (χ1v) is 9.47. The number of rotatable bonds is 4. The molecule has 0 saturated carbocycles. The quantitative estimate of drug-likeness (QED) is 0.719. The van der Waals surface area contributed by atoms with Crippen LogP contribution >= 0.6 is 39.5 Å². The van der Waals surface area contributed by atoms with Crippen LogP contribution in [0.4, 0.5) is 5.69 Å². The molecule has 2 aromatic carbocycles. The zero-order valence-electron chi connectivity index (χ0n) is 12.8. The van der Waals surface area contributed by atoms with E-state index in [1.807, 2.05) is 47.4 Å². The first-order chi connectivity index (χ1) is 11.6. The lowest BCUT2D eigenvalue weighted by atomic mass is 10.1. The Morgan fingerprint density at radius 3 is 2.58 bits per heavy atom. The number of ether oxygens (including phenoxy) is 1. The summed E-state index contributed by atoms with van der Waals surface area (Å²) in [5.41, 5.74) is 1.43. The Morgan fingerprint density at radius 1 is 1.17 bits per heavy atom. The van der Waals surface area contributed by atoms with Gasteiger partial charge in [-0.25, -0.2) is 0 Å². The van der Waals surface area contributed by atoms with E-state index in [1.54, 1.807) is 0 Å². The molecule has 7 heteroatoms. The van der Waals surface area contributed by atoms with Crippen LogP contribution in [0.1, 0.15) is 10.4 Å². The second-order valence-electron chi connectivity index (χ2n) is 5.25. The molecule has 2 aromatic rings. The maximum absolute atomic E-state index is 12.8. The number of nitrogens with zero attached hydrogens (tertiary/aromatic N) is 1. The number of amides is 1. The molecule has 0 radical (unpaired) electrons. The molecule has 1 fully saturated rings. The number of anilines is 1. The Bertz CT molecular complexity index is 721. The molecule has 0 atom stereocenters. The van der Waals surface area contributed by atoms with E-state index in [4.69, 9.17) is 16.3 Å². The van der Waals surface area contributed by atoms with Crippen LogP contribution in [-0.4, -0.2) is 37.1 Å². The van der Waals surface area contributed by atoms with Crippen molar-refractivity contribution in [3.8, 4) is 0 Å². The topological polar surface area (TPSA) is 41.6 Å². The van der Waals surface area contributed by atoms with Gasteiger partial charge in [-0.05, 0) is 54.4 Å². The van der Waals surface area contributed by atoms with Crippen LogP contribution < -0.4 is 4.72 Å². The standard InChI is InChI=1S/C17H16BrClN2O2S/c18-12-1-6-16(20-24-14-4-2-13(19)3-5-14)15(11-12)17(22)21-7-9-23-10-8-21/h1-6,11,20H,7-10H2. The number of benzene rings is 2. The maximum atomic E-state index is 12.8. The van der Waals surface area contributed by atoms with Crippen molar-refractivity contribution >= 4 is 51.1 Å². The molecular formula is C17H16BrClN2O2S. The van der Waals surface area contributed by atoms with Crippen molar-refractivity contribution in [3.05, 3.63) is 57.5 Å². The number of nitrogens with one attached hydrogen (secondary N) is 1. The third-order valence-electron chi connectivity index (χ3n) is 3.60. The second-order valence-corrected chi connectivity index (χ2v) is 7.48. The number of hydrogen-bond acceptors (Lipinski definition) is 4. The smallest absolute Gasteiger partial charge is 0.256 e. The van der Waals surface area contributed by atoms with Gasteiger partial charge in [0.25, 0.3) is 5.91 Å². The summed E-state index contributed by atoms with van der Waals surface area (Å²) >= 11 is 10.8. The fourth-order valence-corrected chi connectivity index (χ4v) is 3.50. The fraction of sp³-hybridized carbons (Fsp3) is 0.235. The molecule has 1 aliphatic rings. The summed E-state index contributed by atoms with van der Waals surface area (Å²) in [4.78, 5) is 15.7. The third kappa shape index (κ3) is 4.45. The molecule has 0 unspecified atom stereocenters. The van der Waals surface area contributed by atoms with Crippen molar-refractivity contribution in [1.82, 2.24) is 4.90 Å². The molecule has 1 saturated heterocycles. The molecule has 0 spiro atoms. The van der Waals surface area contributed by atoms with Crippen LogP contribution in [0.3, 0.4) is 0 Å². The summed E-state index contributed by atoms with van der Waals surface area (Å²) in [7, 11) is 0. The second kappa shape index (κ2) is 8.25. The third-order valence-corrected chi connectivity index (χ3v) is 5.18. The highest BCUT2D eigenvalue weighted by atomic mass is 79.9. The van der Waals surface area contributed by atoms with E-state index in [0.29, 0.717) is 36.9 Å². The van der Waals surface area contributed by atoms with Crippen LogP contribution in [0.5, 0.6) is 0 Å². The molecule has 1 N–H and O–H groups in total. The van der Waals surface area contributed by atoms with Gasteiger partial charge in [0.1, 0.15) is 0 Å². The lowest BCUT2D eigenvalue weighted by molar-refractivity contribution is 0.0303. The van der Waals surface area contributed by atoms with E-state index >= 15 is 0 Å². The minimum Gasteiger partial charge on any atom is -0.378 e. The van der Waals surface area contributed by atoms with E-state index in [1.165, 1.54) is 11.9 Å². The predicted octanol–water partition coefficient (Wildman–Crippen LogP) is 4.69. The maximum Gasteiger partial charge on any atom is 0.256 e. The number of morpholine rings is 1. The average Bonchev–Trinajstić information content (AvgIpc) is 2.62. The van der Waals surface area contributed by atoms with Gasteiger partial charge >= 0.3 is 0 Å². The van der Waals surface area contributed by atoms with Gasteiger partial charge in [-0.1, -0.05) is 27.5 Å². The molecule has 24 heavy (non-hydrogen) atoms. The molecule has 1 amide bonds. The Kier molecular flexibility index (Phi) is 6.05. The fourth-order valence-electron chi connectivity index (χ4n) is 2.34. The van der Waals surface area contributed by atoms with Crippen molar-refractivity contribution in [2.24, 2.45) is 0 Å². The summed E-state index contributed by atoms with van der Waals surface area (Å²) in [6.07, 6.45) is 0. The molecule has 3 rings (SSSR count). The molecule has 0 bridgehead atoms. The number of halogens is 2. The normalized spacial score (nSPS) is 14.5. The molecular weight excluding hydrogens is 412 g/mol. The highest BCUT2D eigenvalue weighted by Crippen LogP contribution is 2.28. The van der Waals surface area contributed by atoms with Gasteiger partial charge in [0.15, 0.2) is 0 Å². The van der Waals surface area contributed by atoms with Crippen molar-refractivity contribution in [3.63, 3.8) is 0 Å². The Balaban J connectivity index is 1.77. The molecule has 0 aliphatic carbocycles. The lowest BCUT2D eigenvalue weighted by Crippen LogP contribution is -2.40. The first kappa shape index (κ1) is 17.6. The van der Waals surface area contributed by atoms with Crippen LogP contribution in [-0.2, 0) is 4.74 Å². The lowest BCUT2D eigenvalue weighted by Gasteiger charge is -2.27. The number of carbonyl (C=O) groups is 1. The molecule has 126 valence electrons. The SMILES string of the molecule is O=C(c1cc(Br)ccc1NSc1ccc(Cl)cc1)N1CCOCC1. The van der Waals surface area contributed by atoms with Crippen molar-refractivity contribution in [1.29, 1.82) is 0 Å².